The molecular formula is C9H26O4. The normalized spacial score (nSPS) is 6.92. The van der Waals surface area contributed by atoms with E-state index in [4.69, 9.17) is 15.3 Å². The Kier molecular flexibility index (Phi) is 72.3. The lowest BCUT2D eigenvalue weighted by atomic mass is 10.5. The van der Waals surface area contributed by atoms with E-state index in [1.165, 1.54) is 0 Å². The summed E-state index contributed by atoms with van der Waals surface area (Å²) < 4.78 is 0. The van der Waals surface area contributed by atoms with E-state index in [0.29, 0.717) is 19.8 Å². The zero-order valence-electron chi connectivity index (χ0n) is 9.08. The van der Waals surface area contributed by atoms with Crippen molar-refractivity contribution >= 4 is 0 Å². The molecule has 0 atom stereocenters. The van der Waals surface area contributed by atoms with Crippen LogP contribution in [-0.2, 0) is 0 Å². The summed E-state index contributed by atoms with van der Waals surface area (Å²) in [7, 11) is 0. The Morgan fingerprint density at radius 3 is 0.692 bits per heavy atom. The molecule has 0 bridgehead atoms. The van der Waals surface area contributed by atoms with Crippen molar-refractivity contribution in [3.63, 3.8) is 0 Å². The van der Waals surface area contributed by atoms with Crippen LogP contribution in [0.4, 0.5) is 0 Å². The molecule has 0 saturated carbocycles. The van der Waals surface area contributed by atoms with E-state index in [2.05, 4.69) is 0 Å². The maximum Gasteiger partial charge on any atom is 0.0428 e. The van der Waals surface area contributed by atoms with Gasteiger partial charge < -0.3 is 20.8 Å². The molecule has 13 heavy (non-hydrogen) atoms. The number of rotatable bonds is 3. The van der Waals surface area contributed by atoms with Crippen molar-refractivity contribution < 1.29 is 20.8 Å². The van der Waals surface area contributed by atoms with Crippen LogP contribution in [0.3, 0.4) is 0 Å². The number of hydrogen-bond donors (Lipinski definition) is 3. The molecule has 0 aliphatic rings. The minimum atomic E-state index is 0. The lowest BCUT2D eigenvalue weighted by Crippen LogP contribution is -1.69. The maximum atomic E-state index is 7.88. The Hall–Kier alpha value is -0.160. The average Bonchev–Trinajstić information content (AvgIpc) is 2.18. The number of aliphatic hydroxyl groups excluding tert-OH is 3. The van der Waals surface area contributed by atoms with Crippen LogP contribution in [0.1, 0.15) is 40.0 Å². The second-order valence-electron chi connectivity index (χ2n) is 2.17. The van der Waals surface area contributed by atoms with Gasteiger partial charge >= 0.3 is 0 Å². The summed E-state index contributed by atoms with van der Waals surface area (Å²) >= 11 is 0. The van der Waals surface area contributed by atoms with Crippen molar-refractivity contribution in [2.75, 3.05) is 19.8 Å². The molecule has 0 fully saturated rings. The van der Waals surface area contributed by atoms with Gasteiger partial charge in [0.15, 0.2) is 0 Å². The van der Waals surface area contributed by atoms with Gasteiger partial charge in [-0.15, -0.1) is 0 Å². The van der Waals surface area contributed by atoms with E-state index >= 15 is 0 Å². The van der Waals surface area contributed by atoms with Gasteiger partial charge in [-0.25, -0.2) is 0 Å². The average molecular weight is 198 g/mol. The van der Waals surface area contributed by atoms with Crippen LogP contribution in [0.5, 0.6) is 0 Å². The maximum absolute atomic E-state index is 7.88. The molecule has 4 heteroatoms. The molecule has 5 N–H and O–H groups in total. The Morgan fingerprint density at radius 1 is 0.615 bits per heavy atom. The third-order valence-corrected chi connectivity index (χ3v) is 0.671. The van der Waals surface area contributed by atoms with Crippen LogP contribution in [0.15, 0.2) is 0 Å². The molecule has 0 heterocycles. The highest BCUT2D eigenvalue weighted by Crippen LogP contribution is 1.62. The fraction of sp³-hybridized carbons (Fsp3) is 1.00. The van der Waals surface area contributed by atoms with Crippen molar-refractivity contribution in [1.82, 2.24) is 0 Å². The van der Waals surface area contributed by atoms with Crippen molar-refractivity contribution in [3.05, 3.63) is 0 Å². The van der Waals surface area contributed by atoms with Crippen LogP contribution in [-0.4, -0.2) is 40.6 Å². The van der Waals surface area contributed by atoms with Gasteiger partial charge in [-0.1, -0.05) is 20.8 Å². The molecule has 86 valence electrons. The molecule has 0 aromatic rings. The molecule has 0 radical (unpaired) electrons. The Balaban J connectivity index is -0.0000000450. The van der Waals surface area contributed by atoms with Gasteiger partial charge in [0.1, 0.15) is 0 Å². The molecule has 0 aromatic carbocycles. The Morgan fingerprint density at radius 2 is 0.692 bits per heavy atom. The second kappa shape index (κ2) is 40.8. The van der Waals surface area contributed by atoms with Gasteiger partial charge in [0.2, 0.25) is 0 Å². The highest BCUT2D eigenvalue weighted by atomic mass is 16.3. The van der Waals surface area contributed by atoms with Gasteiger partial charge in [0.25, 0.3) is 0 Å². The number of aliphatic hydroxyl groups is 3. The van der Waals surface area contributed by atoms with Crippen LogP contribution in [0, 0.1) is 0 Å². The molecule has 0 unspecified atom stereocenters. The smallest absolute Gasteiger partial charge is 0.0428 e. The molecule has 0 aliphatic heterocycles. The summed E-state index contributed by atoms with van der Waals surface area (Å²) in [6, 6.07) is 0. The van der Waals surface area contributed by atoms with Crippen LogP contribution < -0.4 is 0 Å². The molecular weight excluding hydrogens is 172 g/mol. The van der Waals surface area contributed by atoms with Gasteiger partial charge in [0, 0.05) is 19.8 Å². The summed E-state index contributed by atoms with van der Waals surface area (Å²) in [5.74, 6) is 0. The zero-order valence-corrected chi connectivity index (χ0v) is 9.08. The minimum absolute atomic E-state index is 0. The van der Waals surface area contributed by atoms with Crippen molar-refractivity contribution in [2.24, 2.45) is 0 Å². The standard InChI is InChI=1S/3C3H8O.H2O/c3*1-2-3-4;/h3*4H,2-3H2,1H3;1H2. The van der Waals surface area contributed by atoms with Gasteiger partial charge in [-0.3, -0.25) is 0 Å². The SMILES string of the molecule is CCCO.CCCO.CCCO.O. The zero-order chi connectivity index (χ0) is 10.2. The van der Waals surface area contributed by atoms with E-state index in [1.807, 2.05) is 20.8 Å². The van der Waals surface area contributed by atoms with Crippen LogP contribution in [0.25, 0.3) is 0 Å². The highest BCUT2D eigenvalue weighted by Gasteiger charge is 1.58. The van der Waals surface area contributed by atoms with Crippen molar-refractivity contribution in [2.45, 2.75) is 40.0 Å². The molecule has 4 nitrogen and oxygen atoms in total. The third-order valence-electron chi connectivity index (χ3n) is 0.671. The van der Waals surface area contributed by atoms with Crippen molar-refractivity contribution in [3.8, 4) is 0 Å². The summed E-state index contributed by atoms with van der Waals surface area (Å²) in [5.41, 5.74) is 0. The van der Waals surface area contributed by atoms with E-state index in [-0.39, 0.29) is 5.48 Å². The fourth-order valence-corrected chi connectivity index (χ4v) is 0. The first-order valence-corrected chi connectivity index (χ1v) is 4.57. The minimum Gasteiger partial charge on any atom is -0.412 e. The summed E-state index contributed by atoms with van der Waals surface area (Å²) in [6.07, 6.45) is 2.62. The monoisotopic (exact) mass is 198 g/mol. The quantitative estimate of drug-likeness (QED) is 0.610. The predicted octanol–water partition coefficient (Wildman–Crippen LogP) is 0.341. The number of hydrogen-bond acceptors (Lipinski definition) is 3. The molecule has 0 rings (SSSR count). The highest BCUT2D eigenvalue weighted by molar-refractivity contribution is 4.10. The van der Waals surface area contributed by atoms with Gasteiger partial charge in [0.05, 0.1) is 0 Å². The summed E-state index contributed by atoms with van der Waals surface area (Å²) in [4.78, 5) is 0. The van der Waals surface area contributed by atoms with E-state index < -0.39 is 0 Å². The first-order chi connectivity index (χ1) is 5.74. The molecule has 0 spiro atoms. The molecule has 0 aliphatic carbocycles. The van der Waals surface area contributed by atoms with Crippen LogP contribution >= 0.6 is 0 Å². The lowest BCUT2D eigenvalue weighted by molar-refractivity contribution is 0.294. The largest absolute Gasteiger partial charge is 0.412 e. The van der Waals surface area contributed by atoms with E-state index in [9.17, 15) is 0 Å². The Labute approximate surface area is 81.5 Å². The van der Waals surface area contributed by atoms with Crippen LogP contribution in [0.2, 0.25) is 0 Å². The van der Waals surface area contributed by atoms with Gasteiger partial charge in [-0.05, 0) is 19.3 Å². The lowest BCUT2D eigenvalue weighted by Gasteiger charge is -1.69. The second-order valence-corrected chi connectivity index (χ2v) is 2.17. The fourth-order valence-electron chi connectivity index (χ4n) is 0. The van der Waals surface area contributed by atoms with E-state index in [0.717, 1.165) is 19.3 Å². The molecule has 0 saturated heterocycles. The molecule has 0 aromatic heterocycles. The first kappa shape index (κ1) is 23.0. The third kappa shape index (κ3) is 142. The summed E-state index contributed by atoms with van der Waals surface area (Å²) in [5, 5.41) is 23.6. The summed E-state index contributed by atoms with van der Waals surface area (Å²) in [6.45, 7) is 6.75. The predicted molar refractivity (Wildman–Crippen MR) is 55.7 cm³/mol. The topological polar surface area (TPSA) is 92.2 Å². The van der Waals surface area contributed by atoms with E-state index in [1.54, 1.807) is 0 Å². The first-order valence-electron chi connectivity index (χ1n) is 4.57. The Bertz CT molecular complexity index is 27.1. The molecule has 0 amide bonds. The van der Waals surface area contributed by atoms with Crippen molar-refractivity contribution in [1.29, 1.82) is 0 Å². The van der Waals surface area contributed by atoms with Gasteiger partial charge in [-0.2, -0.15) is 0 Å².